The van der Waals surface area contributed by atoms with Crippen molar-refractivity contribution in [1.82, 2.24) is 0 Å². The van der Waals surface area contributed by atoms with Crippen LogP contribution in [-0.2, 0) is 11.5 Å². The molecule has 17 heavy (non-hydrogen) atoms. The third-order valence-corrected chi connectivity index (χ3v) is 3.67. The lowest BCUT2D eigenvalue weighted by Crippen LogP contribution is -1.83. The summed E-state index contributed by atoms with van der Waals surface area (Å²) >= 11 is 1.95. The second kappa shape index (κ2) is 6.31. The summed E-state index contributed by atoms with van der Waals surface area (Å²) in [6, 6.07) is 19.2. The van der Waals surface area contributed by atoms with Gasteiger partial charge in [-0.1, -0.05) is 67.3 Å². The van der Waals surface area contributed by atoms with Crippen LogP contribution in [0.15, 0.2) is 61.2 Å². The minimum Gasteiger partial charge on any atom is -0.152 e. The van der Waals surface area contributed by atoms with Crippen molar-refractivity contribution in [3.63, 3.8) is 0 Å². The first kappa shape index (κ1) is 12.0. The maximum atomic E-state index is 3.76. The molecule has 0 aliphatic rings. The van der Waals surface area contributed by atoms with Gasteiger partial charge in [-0.3, -0.25) is 0 Å². The van der Waals surface area contributed by atoms with Crippen LogP contribution in [-0.4, -0.2) is 0 Å². The molecule has 0 aliphatic carbocycles. The molecule has 0 atom stereocenters. The van der Waals surface area contributed by atoms with Crippen LogP contribution in [0.25, 0.3) is 6.08 Å². The van der Waals surface area contributed by atoms with Gasteiger partial charge in [-0.25, -0.2) is 0 Å². The molecule has 0 spiro atoms. The van der Waals surface area contributed by atoms with Crippen LogP contribution in [0.2, 0.25) is 0 Å². The predicted molar refractivity (Wildman–Crippen MR) is 78.0 cm³/mol. The number of benzene rings is 2. The molecule has 0 saturated carbocycles. The maximum absolute atomic E-state index is 3.76. The van der Waals surface area contributed by atoms with Crippen molar-refractivity contribution in [2.45, 2.75) is 11.5 Å². The van der Waals surface area contributed by atoms with E-state index in [1.54, 1.807) is 0 Å². The van der Waals surface area contributed by atoms with E-state index in [4.69, 9.17) is 0 Å². The fourth-order valence-electron chi connectivity index (χ4n) is 1.61. The molecule has 0 fully saturated rings. The molecule has 0 unspecified atom stereocenters. The Balaban J connectivity index is 1.84. The number of thioether (sulfide) groups is 1. The summed E-state index contributed by atoms with van der Waals surface area (Å²) in [5.74, 6) is 2.14. The SMILES string of the molecule is C=Cc1ccc(CSCc2ccccc2)cc1. The standard InChI is InChI=1S/C16H16S/c1-2-14-8-10-16(11-9-14)13-17-12-15-6-4-3-5-7-15/h2-11H,1,12-13H2. The van der Waals surface area contributed by atoms with Crippen molar-refractivity contribution in [2.75, 3.05) is 0 Å². The van der Waals surface area contributed by atoms with E-state index in [2.05, 4.69) is 61.2 Å². The molecule has 0 N–H and O–H groups in total. The molecule has 0 radical (unpaired) electrons. The van der Waals surface area contributed by atoms with Crippen LogP contribution in [0.4, 0.5) is 0 Å². The molecule has 0 amide bonds. The summed E-state index contributed by atoms with van der Waals surface area (Å²) in [6.07, 6.45) is 1.88. The average Bonchev–Trinajstić information content (AvgIpc) is 2.41. The average molecular weight is 240 g/mol. The summed E-state index contributed by atoms with van der Waals surface area (Å²) in [6.45, 7) is 3.76. The highest BCUT2D eigenvalue weighted by atomic mass is 32.2. The molecule has 0 aliphatic heterocycles. The summed E-state index contributed by atoms with van der Waals surface area (Å²) in [7, 11) is 0. The van der Waals surface area contributed by atoms with Gasteiger partial charge in [0.1, 0.15) is 0 Å². The lowest BCUT2D eigenvalue weighted by molar-refractivity contribution is 1.36. The van der Waals surface area contributed by atoms with Gasteiger partial charge in [0.15, 0.2) is 0 Å². The second-order valence-corrected chi connectivity index (χ2v) is 4.91. The molecule has 0 saturated heterocycles. The van der Waals surface area contributed by atoms with Crippen molar-refractivity contribution >= 4 is 17.8 Å². The molecule has 2 aromatic rings. The molecule has 0 aromatic heterocycles. The molecule has 1 heteroatoms. The first-order chi connectivity index (χ1) is 8.38. The van der Waals surface area contributed by atoms with E-state index in [1.165, 1.54) is 16.7 Å². The third-order valence-electron chi connectivity index (χ3n) is 2.60. The van der Waals surface area contributed by atoms with Gasteiger partial charge in [0.2, 0.25) is 0 Å². The summed E-state index contributed by atoms with van der Waals surface area (Å²) in [4.78, 5) is 0. The van der Waals surface area contributed by atoms with E-state index in [0.29, 0.717) is 0 Å². The zero-order valence-corrected chi connectivity index (χ0v) is 10.6. The fourth-order valence-corrected chi connectivity index (χ4v) is 2.57. The summed E-state index contributed by atoms with van der Waals surface area (Å²) in [5, 5.41) is 0. The van der Waals surface area contributed by atoms with Gasteiger partial charge in [0, 0.05) is 11.5 Å². The summed E-state index contributed by atoms with van der Waals surface area (Å²) < 4.78 is 0. The van der Waals surface area contributed by atoms with E-state index in [9.17, 15) is 0 Å². The summed E-state index contributed by atoms with van der Waals surface area (Å²) in [5.41, 5.74) is 3.94. The van der Waals surface area contributed by atoms with Crippen molar-refractivity contribution in [2.24, 2.45) is 0 Å². The van der Waals surface area contributed by atoms with Crippen LogP contribution in [0, 0.1) is 0 Å². The fraction of sp³-hybridized carbons (Fsp3) is 0.125. The molecular weight excluding hydrogens is 224 g/mol. The van der Waals surface area contributed by atoms with Gasteiger partial charge < -0.3 is 0 Å². The van der Waals surface area contributed by atoms with Crippen LogP contribution < -0.4 is 0 Å². The minimum absolute atomic E-state index is 1.06. The Labute approximate surface area is 107 Å². The zero-order chi connectivity index (χ0) is 11.9. The highest BCUT2D eigenvalue weighted by molar-refractivity contribution is 7.97. The highest BCUT2D eigenvalue weighted by Gasteiger charge is 1.95. The number of hydrogen-bond donors (Lipinski definition) is 0. The molecule has 0 heterocycles. The maximum Gasteiger partial charge on any atom is 0.0187 e. The molecule has 0 bridgehead atoms. The lowest BCUT2D eigenvalue weighted by Gasteiger charge is -2.03. The molecular formula is C16H16S. The van der Waals surface area contributed by atoms with Gasteiger partial charge >= 0.3 is 0 Å². The molecule has 0 nitrogen and oxygen atoms in total. The van der Waals surface area contributed by atoms with Gasteiger partial charge in [0.25, 0.3) is 0 Å². The van der Waals surface area contributed by atoms with Crippen molar-refractivity contribution in [1.29, 1.82) is 0 Å². The highest BCUT2D eigenvalue weighted by Crippen LogP contribution is 2.18. The van der Waals surface area contributed by atoms with E-state index in [-0.39, 0.29) is 0 Å². The van der Waals surface area contributed by atoms with E-state index in [1.807, 2.05) is 17.8 Å². The van der Waals surface area contributed by atoms with Crippen LogP contribution >= 0.6 is 11.8 Å². The van der Waals surface area contributed by atoms with Crippen molar-refractivity contribution in [3.05, 3.63) is 77.9 Å². The van der Waals surface area contributed by atoms with Gasteiger partial charge in [-0.2, -0.15) is 11.8 Å². The van der Waals surface area contributed by atoms with Crippen molar-refractivity contribution < 1.29 is 0 Å². The Bertz CT molecular complexity index is 457. The Morgan fingerprint density at radius 2 is 1.41 bits per heavy atom. The Hall–Kier alpha value is -1.47. The van der Waals surface area contributed by atoms with Crippen LogP contribution in [0.1, 0.15) is 16.7 Å². The van der Waals surface area contributed by atoms with Crippen LogP contribution in [0.3, 0.4) is 0 Å². The molecule has 2 aromatic carbocycles. The quantitative estimate of drug-likeness (QED) is 0.726. The first-order valence-electron chi connectivity index (χ1n) is 5.71. The number of hydrogen-bond acceptors (Lipinski definition) is 1. The van der Waals surface area contributed by atoms with E-state index in [0.717, 1.165) is 11.5 Å². The number of rotatable bonds is 5. The van der Waals surface area contributed by atoms with Gasteiger partial charge in [0.05, 0.1) is 0 Å². The molecule has 2 rings (SSSR count). The monoisotopic (exact) mass is 240 g/mol. The van der Waals surface area contributed by atoms with E-state index >= 15 is 0 Å². The largest absolute Gasteiger partial charge is 0.152 e. The Morgan fingerprint density at radius 3 is 2.00 bits per heavy atom. The smallest absolute Gasteiger partial charge is 0.0187 e. The van der Waals surface area contributed by atoms with E-state index < -0.39 is 0 Å². The topological polar surface area (TPSA) is 0 Å². The Morgan fingerprint density at radius 1 is 0.824 bits per heavy atom. The molecule has 86 valence electrons. The minimum atomic E-state index is 1.06. The normalized spacial score (nSPS) is 10.1. The lowest BCUT2D eigenvalue weighted by atomic mass is 10.1. The second-order valence-electron chi connectivity index (χ2n) is 3.92. The predicted octanol–water partition coefficient (Wildman–Crippen LogP) is 4.76. The third kappa shape index (κ3) is 3.79. The Kier molecular flexibility index (Phi) is 4.45. The van der Waals surface area contributed by atoms with Crippen LogP contribution in [0.5, 0.6) is 0 Å². The zero-order valence-electron chi connectivity index (χ0n) is 9.80. The van der Waals surface area contributed by atoms with Gasteiger partial charge in [-0.05, 0) is 16.7 Å². The first-order valence-corrected chi connectivity index (χ1v) is 6.87. The van der Waals surface area contributed by atoms with Gasteiger partial charge in [-0.15, -0.1) is 0 Å². The van der Waals surface area contributed by atoms with Crippen molar-refractivity contribution in [3.8, 4) is 0 Å².